The lowest BCUT2D eigenvalue weighted by Crippen LogP contribution is -2.36. The predicted molar refractivity (Wildman–Crippen MR) is 81.1 cm³/mol. The van der Waals surface area contributed by atoms with Gasteiger partial charge < -0.3 is 5.32 Å². The standard InChI is InChI=1S/C15H25N5O/c1-13-10-17-20(11-13)14-2-5-19(12-14)9-8-18-6-3-15(21)16-4-7-18/h10-11,14H,2-9,12H2,1H3,(H,16,21). The molecule has 0 radical (unpaired) electrons. The second-order valence-electron chi connectivity index (χ2n) is 6.18. The summed E-state index contributed by atoms with van der Waals surface area (Å²) in [7, 11) is 0. The fourth-order valence-electron chi connectivity index (χ4n) is 3.18. The van der Waals surface area contributed by atoms with Crippen LogP contribution in [0.15, 0.2) is 12.4 Å². The maximum absolute atomic E-state index is 11.3. The summed E-state index contributed by atoms with van der Waals surface area (Å²) in [6.45, 7) is 9.12. The van der Waals surface area contributed by atoms with Gasteiger partial charge in [0.2, 0.25) is 5.91 Å². The van der Waals surface area contributed by atoms with Crippen molar-refractivity contribution in [2.24, 2.45) is 0 Å². The average Bonchev–Trinajstić information content (AvgIpc) is 3.05. The summed E-state index contributed by atoms with van der Waals surface area (Å²) in [5.41, 5.74) is 1.23. The number of amides is 1. The third-order valence-electron chi connectivity index (χ3n) is 4.49. The van der Waals surface area contributed by atoms with Gasteiger partial charge in [0.05, 0.1) is 12.2 Å². The molecule has 1 unspecified atom stereocenters. The number of nitrogens with zero attached hydrogens (tertiary/aromatic N) is 4. The van der Waals surface area contributed by atoms with Crippen LogP contribution in [0.25, 0.3) is 0 Å². The zero-order valence-corrected chi connectivity index (χ0v) is 12.8. The Morgan fingerprint density at radius 2 is 2.14 bits per heavy atom. The number of hydrogen-bond donors (Lipinski definition) is 1. The highest BCUT2D eigenvalue weighted by Crippen LogP contribution is 2.20. The molecule has 1 N–H and O–H groups in total. The Balaban J connectivity index is 1.43. The van der Waals surface area contributed by atoms with Crippen LogP contribution >= 0.6 is 0 Å². The largest absolute Gasteiger partial charge is 0.355 e. The van der Waals surface area contributed by atoms with Crippen LogP contribution in [-0.2, 0) is 4.79 Å². The molecule has 116 valence electrons. The van der Waals surface area contributed by atoms with Gasteiger partial charge in [-0.25, -0.2) is 0 Å². The Kier molecular flexibility index (Phi) is 4.55. The first-order chi connectivity index (χ1) is 10.2. The van der Waals surface area contributed by atoms with E-state index < -0.39 is 0 Å². The molecule has 6 heteroatoms. The van der Waals surface area contributed by atoms with E-state index in [1.807, 2.05) is 6.20 Å². The molecule has 21 heavy (non-hydrogen) atoms. The van der Waals surface area contributed by atoms with E-state index in [0.717, 1.165) is 45.8 Å². The van der Waals surface area contributed by atoms with Crippen LogP contribution in [0.5, 0.6) is 0 Å². The number of likely N-dealkylation sites (tertiary alicyclic amines) is 1. The van der Waals surface area contributed by atoms with E-state index in [4.69, 9.17) is 0 Å². The summed E-state index contributed by atoms with van der Waals surface area (Å²) >= 11 is 0. The van der Waals surface area contributed by atoms with Gasteiger partial charge in [-0.05, 0) is 18.9 Å². The summed E-state index contributed by atoms with van der Waals surface area (Å²) in [6, 6.07) is 0.520. The molecule has 2 aliphatic heterocycles. The van der Waals surface area contributed by atoms with Gasteiger partial charge in [0.25, 0.3) is 0 Å². The first-order valence-corrected chi connectivity index (χ1v) is 7.93. The number of hydrogen-bond acceptors (Lipinski definition) is 4. The highest BCUT2D eigenvalue weighted by molar-refractivity contribution is 5.76. The molecule has 3 rings (SSSR count). The number of nitrogens with one attached hydrogen (secondary N) is 1. The molecule has 1 atom stereocenters. The molecule has 0 spiro atoms. The lowest BCUT2D eigenvalue weighted by atomic mass is 10.3. The van der Waals surface area contributed by atoms with Crippen LogP contribution < -0.4 is 5.32 Å². The molecule has 2 aliphatic rings. The number of aromatic nitrogens is 2. The lowest BCUT2D eigenvalue weighted by Gasteiger charge is -2.23. The fourth-order valence-corrected chi connectivity index (χ4v) is 3.18. The number of carbonyl (C=O) groups excluding carboxylic acids is 1. The molecule has 6 nitrogen and oxygen atoms in total. The van der Waals surface area contributed by atoms with Crippen molar-refractivity contribution in [3.05, 3.63) is 18.0 Å². The number of rotatable bonds is 4. The van der Waals surface area contributed by atoms with Crippen LogP contribution in [0.2, 0.25) is 0 Å². The molecular formula is C15H25N5O. The normalized spacial score (nSPS) is 25.0. The molecule has 1 aromatic heterocycles. The Labute approximate surface area is 126 Å². The quantitative estimate of drug-likeness (QED) is 0.864. The lowest BCUT2D eigenvalue weighted by molar-refractivity contribution is -0.120. The minimum atomic E-state index is 0.188. The third-order valence-corrected chi connectivity index (χ3v) is 4.49. The zero-order chi connectivity index (χ0) is 14.7. The van der Waals surface area contributed by atoms with Gasteiger partial charge in [0.15, 0.2) is 0 Å². The number of aryl methyl sites for hydroxylation is 1. The zero-order valence-electron chi connectivity index (χ0n) is 12.8. The van der Waals surface area contributed by atoms with Crippen molar-refractivity contribution in [1.82, 2.24) is 24.9 Å². The van der Waals surface area contributed by atoms with Crippen molar-refractivity contribution < 1.29 is 4.79 Å². The monoisotopic (exact) mass is 291 g/mol. The van der Waals surface area contributed by atoms with Gasteiger partial charge >= 0.3 is 0 Å². The van der Waals surface area contributed by atoms with E-state index in [1.165, 1.54) is 12.0 Å². The van der Waals surface area contributed by atoms with Gasteiger partial charge in [-0.3, -0.25) is 19.3 Å². The van der Waals surface area contributed by atoms with Crippen molar-refractivity contribution in [3.8, 4) is 0 Å². The Bertz CT molecular complexity index is 486. The maximum Gasteiger partial charge on any atom is 0.221 e. The second kappa shape index (κ2) is 6.58. The second-order valence-corrected chi connectivity index (χ2v) is 6.18. The molecule has 0 saturated carbocycles. The molecule has 0 bridgehead atoms. The summed E-state index contributed by atoms with van der Waals surface area (Å²) in [5, 5.41) is 7.36. The predicted octanol–water partition coefficient (Wildman–Crippen LogP) is 0.260. The van der Waals surface area contributed by atoms with Gasteiger partial charge in [-0.1, -0.05) is 0 Å². The smallest absolute Gasteiger partial charge is 0.221 e. The Morgan fingerprint density at radius 1 is 1.29 bits per heavy atom. The third kappa shape index (κ3) is 3.83. The molecule has 1 aromatic rings. The summed E-state index contributed by atoms with van der Waals surface area (Å²) in [5.74, 6) is 0.188. The Morgan fingerprint density at radius 3 is 2.95 bits per heavy atom. The van der Waals surface area contributed by atoms with Crippen molar-refractivity contribution in [2.75, 3.05) is 45.8 Å². The molecule has 1 amide bonds. The van der Waals surface area contributed by atoms with E-state index >= 15 is 0 Å². The maximum atomic E-state index is 11.3. The van der Waals surface area contributed by atoms with Crippen LogP contribution in [0.3, 0.4) is 0 Å². The molecule has 0 aliphatic carbocycles. The van der Waals surface area contributed by atoms with Crippen molar-refractivity contribution >= 4 is 5.91 Å². The topological polar surface area (TPSA) is 53.4 Å². The first-order valence-electron chi connectivity index (χ1n) is 7.93. The van der Waals surface area contributed by atoms with Gasteiger partial charge in [-0.15, -0.1) is 0 Å². The molecule has 2 saturated heterocycles. The van der Waals surface area contributed by atoms with E-state index in [-0.39, 0.29) is 5.91 Å². The van der Waals surface area contributed by atoms with Crippen molar-refractivity contribution in [2.45, 2.75) is 25.8 Å². The minimum absolute atomic E-state index is 0.188. The summed E-state index contributed by atoms with van der Waals surface area (Å²) in [4.78, 5) is 16.2. The van der Waals surface area contributed by atoms with E-state index in [2.05, 4.69) is 38.0 Å². The van der Waals surface area contributed by atoms with Gasteiger partial charge in [0, 0.05) is 58.4 Å². The first kappa shape index (κ1) is 14.5. The van der Waals surface area contributed by atoms with E-state index in [0.29, 0.717) is 12.5 Å². The SMILES string of the molecule is Cc1cnn(C2CCN(CCN3CCNC(=O)CC3)C2)c1. The van der Waals surface area contributed by atoms with Gasteiger partial charge in [0.1, 0.15) is 0 Å². The van der Waals surface area contributed by atoms with Crippen LogP contribution in [0.4, 0.5) is 0 Å². The fraction of sp³-hybridized carbons (Fsp3) is 0.733. The van der Waals surface area contributed by atoms with Crippen molar-refractivity contribution in [3.63, 3.8) is 0 Å². The minimum Gasteiger partial charge on any atom is -0.355 e. The molecular weight excluding hydrogens is 266 g/mol. The summed E-state index contributed by atoms with van der Waals surface area (Å²) < 4.78 is 2.11. The van der Waals surface area contributed by atoms with Crippen LogP contribution in [0.1, 0.15) is 24.4 Å². The van der Waals surface area contributed by atoms with Crippen LogP contribution in [-0.4, -0.2) is 71.3 Å². The van der Waals surface area contributed by atoms with E-state index in [9.17, 15) is 4.79 Å². The van der Waals surface area contributed by atoms with Gasteiger partial charge in [-0.2, -0.15) is 5.10 Å². The van der Waals surface area contributed by atoms with Crippen molar-refractivity contribution in [1.29, 1.82) is 0 Å². The summed E-state index contributed by atoms with van der Waals surface area (Å²) in [6.07, 6.45) is 5.89. The molecule has 2 fully saturated rings. The highest BCUT2D eigenvalue weighted by atomic mass is 16.1. The average molecular weight is 291 g/mol. The Hall–Kier alpha value is -1.40. The van der Waals surface area contributed by atoms with Crippen LogP contribution in [0, 0.1) is 6.92 Å². The number of carbonyl (C=O) groups is 1. The van der Waals surface area contributed by atoms with E-state index in [1.54, 1.807) is 0 Å². The highest BCUT2D eigenvalue weighted by Gasteiger charge is 2.24. The molecule has 3 heterocycles. The molecule has 0 aromatic carbocycles.